The lowest BCUT2D eigenvalue weighted by Gasteiger charge is -2.18. The normalized spacial score (nSPS) is 17.5. The molecule has 1 aliphatic rings. The summed E-state index contributed by atoms with van der Waals surface area (Å²) in [5, 5.41) is -0.175. The maximum absolute atomic E-state index is 12.7. The van der Waals surface area contributed by atoms with Crippen molar-refractivity contribution in [1.82, 2.24) is 4.90 Å². The van der Waals surface area contributed by atoms with Crippen LogP contribution in [0.5, 0.6) is 11.5 Å². The van der Waals surface area contributed by atoms with E-state index in [0.29, 0.717) is 47.9 Å². The molecule has 138 valence electrons. The molecular formula is C18H24BrNO3S2. The smallest absolute Gasteiger partial charge is 0.241 e. The van der Waals surface area contributed by atoms with Gasteiger partial charge in [-0.15, -0.1) is 0 Å². The highest BCUT2D eigenvalue weighted by Crippen LogP contribution is 2.39. The fourth-order valence-corrected chi connectivity index (χ4v) is 4.81. The second kappa shape index (κ2) is 9.24. The molecule has 25 heavy (non-hydrogen) atoms. The van der Waals surface area contributed by atoms with Gasteiger partial charge in [-0.2, -0.15) is 0 Å². The molecule has 0 bridgehead atoms. The molecule has 7 heteroatoms. The summed E-state index contributed by atoms with van der Waals surface area (Å²) < 4.78 is 12.9. The van der Waals surface area contributed by atoms with Crippen LogP contribution < -0.4 is 9.47 Å². The van der Waals surface area contributed by atoms with Gasteiger partial charge in [0.15, 0.2) is 11.5 Å². The molecule has 1 fully saturated rings. The number of nitrogens with zero attached hydrogens (tertiary/aromatic N) is 1. The minimum Gasteiger partial charge on any atom is -0.490 e. The maximum atomic E-state index is 12.7. The van der Waals surface area contributed by atoms with Gasteiger partial charge in [0, 0.05) is 6.54 Å². The third-order valence-corrected chi connectivity index (χ3v) is 5.80. The van der Waals surface area contributed by atoms with Crippen molar-refractivity contribution in [2.24, 2.45) is 5.92 Å². The SMILES string of the molecule is CCOc1cc(C[C@@H]2SC(=S)N(CC(C)C)C2=O)cc(Br)c1OCC. The van der Waals surface area contributed by atoms with Crippen LogP contribution in [-0.2, 0) is 11.2 Å². The van der Waals surface area contributed by atoms with E-state index >= 15 is 0 Å². The third kappa shape index (κ3) is 5.11. The number of amides is 1. The number of hydrogen-bond donors (Lipinski definition) is 0. The fourth-order valence-electron chi connectivity index (χ4n) is 2.66. The van der Waals surface area contributed by atoms with Gasteiger partial charge in [0.2, 0.25) is 5.91 Å². The maximum Gasteiger partial charge on any atom is 0.241 e. The van der Waals surface area contributed by atoms with E-state index in [-0.39, 0.29) is 11.2 Å². The molecule has 2 rings (SSSR count). The van der Waals surface area contributed by atoms with Crippen molar-refractivity contribution in [3.05, 3.63) is 22.2 Å². The largest absolute Gasteiger partial charge is 0.490 e. The third-order valence-electron chi connectivity index (χ3n) is 3.63. The zero-order chi connectivity index (χ0) is 18.6. The lowest BCUT2D eigenvalue weighted by atomic mass is 10.1. The number of thiocarbonyl (C=S) groups is 1. The van der Waals surface area contributed by atoms with Crippen molar-refractivity contribution < 1.29 is 14.3 Å². The molecule has 0 N–H and O–H groups in total. The van der Waals surface area contributed by atoms with E-state index in [0.717, 1.165) is 10.0 Å². The number of hydrogen-bond acceptors (Lipinski definition) is 5. The van der Waals surface area contributed by atoms with Crippen LogP contribution in [0.4, 0.5) is 0 Å². The summed E-state index contributed by atoms with van der Waals surface area (Å²) in [6.45, 7) is 9.85. The Balaban J connectivity index is 2.20. The number of carbonyl (C=O) groups is 1. The van der Waals surface area contributed by atoms with Crippen LogP contribution in [0, 0.1) is 5.92 Å². The predicted molar refractivity (Wildman–Crippen MR) is 111 cm³/mol. The second-order valence-electron chi connectivity index (χ2n) is 6.19. The standard InChI is InChI=1S/C18H24BrNO3S2/c1-5-22-14-8-12(7-13(19)16(14)23-6-2)9-15-17(21)20(10-11(3)4)18(24)25-15/h7-8,11,15H,5-6,9-10H2,1-4H3/t15-/m0/s1. The van der Waals surface area contributed by atoms with E-state index in [9.17, 15) is 4.79 Å². The van der Waals surface area contributed by atoms with Gasteiger partial charge in [0.25, 0.3) is 0 Å². The molecule has 0 saturated carbocycles. The molecule has 0 unspecified atom stereocenters. The minimum atomic E-state index is -0.175. The van der Waals surface area contributed by atoms with Gasteiger partial charge in [-0.25, -0.2) is 0 Å². The summed E-state index contributed by atoms with van der Waals surface area (Å²) in [6, 6.07) is 3.96. The van der Waals surface area contributed by atoms with Gasteiger partial charge in [-0.05, 0) is 59.8 Å². The van der Waals surface area contributed by atoms with Crippen LogP contribution in [-0.4, -0.2) is 40.1 Å². The average molecular weight is 446 g/mol. The van der Waals surface area contributed by atoms with Crippen LogP contribution in [0.1, 0.15) is 33.3 Å². The van der Waals surface area contributed by atoms with Gasteiger partial charge in [0.1, 0.15) is 4.32 Å². The minimum absolute atomic E-state index is 0.103. The second-order valence-corrected chi connectivity index (χ2v) is 8.88. The molecule has 0 radical (unpaired) electrons. The Bertz CT molecular complexity index is 651. The van der Waals surface area contributed by atoms with Crippen LogP contribution >= 0.6 is 39.9 Å². The van der Waals surface area contributed by atoms with Gasteiger partial charge in [-0.1, -0.05) is 37.8 Å². The molecule has 1 atom stereocenters. The Morgan fingerprint density at radius 1 is 1.28 bits per heavy atom. The van der Waals surface area contributed by atoms with Crippen LogP contribution in [0.3, 0.4) is 0 Å². The Morgan fingerprint density at radius 3 is 2.56 bits per heavy atom. The molecule has 4 nitrogen and oxygen atoms in total. The first kappa shape index (κ1) is 20.5. The zero-order valence-corrected chi connectivity index (χ0v) is 18.2. The van der Waals surface area contributed by atoms with E-state index in [1.807, 2.05) is 26.0 Å². The highest BCUT2D eigenvalue weighted by molar-refractivity contribution is 9.10. The molecule has 1 aromatic rings. The van der Waals surface area contributed by atoms with Crippen molar-refractivity contribution in [2.45, 2.75) is 39.4 Å². The quantitative estimate of drug-likeness (QED) is 0.543. The molecule has 1 heterocycles. The first-order valence-corrected chi connectivity index (χ1v) is 10.5. The van der Waals surface area contributed by atoms with Gasteiger partial charge < -0.3 is 9.47 Å². The summed E-state index contributed by atoms with van der Waals surface area (Å²) in [5.41, 5.74) is 1.03. The molecular weight excluding hydrogens is 422 g/mol. The molecule has 0 aliphatic carbocycles. The van der Waals surface area contributed by atoms with E-state index in [2.05, 4.69) is 29.8 Å². The summed E-state index contributed by atoms with van der Waals surface area (Å²) >= 11 is 10.4. The van der Waals surface area contributed by atoms with Crippen molar-refractivity contribution in [2.75, 3.05) is 19.8 Å². The zero-order valence-electron chi connectivity index (χ0n) is 15.0. The number of carbonyl (C=O) groups excluding carboxylic acids is 1. The lowest BCUT2D eigenvalue weighted by molar-refractivity contribution is -0.126. The van der Waals surface area contributed by atoms with Crippen LogP contribution in [0.15, 0.2) is 16.6 Å². The topological polar surface area (TPSA) is 38.8 Å². The molecule has 1 aromatic carbocycles. The fraction of sp³-hybridized carbons (Fsp3) is 0.556. The first-order chi connectivity index (χ1) is 11.9. The molecule has 1 amide bonds. The summed E-state index contributed by atoms with van der Waals surface area (Å²) in [7, 11) is 0. The summed E-state index contributed by atoms with van der Waals surface area (Å²) in [6.07, 6.45) is 0.614. The summed E-state index contributed by atoms with van der Waals surface area (Å²) in [5.74, 6) is 1.90. The number of rotatable bonds is 8. The molecule has 0 aromatic heterocycles. The van der Waals surface area contributed by atoms with Gasteiger partial charge in [-0.3, -0.25) is 9.69 Å². The van der Waals surface area contributed by atoms with E-state index in [1.54, 1.807) is 4.90 Å². The van der Waals surface area contributed by atoms with Gasteiger partial charge >= 0.3 is 0 Å². The number of benzene rings is 1. The monoisotopic (exact) mass is 445 g/mol. The number of ether oxygens (including phenoxy) is 2. The van der Waals surface area contributed by atoms with Gasteiger partial charge in [0.05, 0.1) is 22.9 Å². The molecule has 1 aliphatic heterocycles. The number of halogens is 1. The van der Waals surface area contributed by atoms with Crippen LogP contribution in [0.2, 0.25) is 0 Å². The van der Waals surface area contributed by atoms with E-state index in [1.165, 1.54) is 11.8 Å². The van der Waals surface area contributed by atoms with Crippen molar-refractivity contribution in [3.8, 4) is 11.5 Å². The van der Waals surface area contributed by atoms with Crippen molar-refractivity contribution in [3.63, 3.8) is 0 Å². The Kier molecular flexibility index (Phi) is 7.58. The van der Waals surface area contributed by atoms with E-state index < -0.39 is 0 Å². The Hall–Kier alpha value is -0.790. The van der Waals surface area contributed by atoms with E-state index in [4.69, 9.17) is 21.7 Å². The lowest BCUT2D eigenvalue weighted by Crippen LogP contribution is -2.34. The first-order valence-electron chi connectivity index (χ1n) is 8.47. The van der Waals surface area contributed by atoms with Crippen LogP contribution in [0.25, 0.3) is 0 Å². The molecule has 1 saturated heterocycles. The Labute approximate surface area is 167 Å². The average Bonchev–Trinajstić information content (AvgIpc) is 2.78. The highest BCUT2D eigenvalue weighted by atomic mass is 79.9. The highest BCUT2D eigenvalue weighted by Gasteiger charge is 2.37. The molecule has 0 spiro atoms. The number of thioether (sulfide) groups is 1. The predicted octanol–water partition coefficient (Wildman–Crippen LogP) is 4.67. The Morgan fingerprint density at radius 2 is 1.96 bits per heavy atom. The van der Waals surface area contributed by atoms with Crippen molar-refractivity contribution in [1.29, 1.82) is 0 Å². The summed E-state index contributed by atoms with van der Waals surface area (Å²) in [4.78, 5) is 14.4. The van der Waals surface area contributed by atoms with Crippen molar-refractivity contribution >= 4 is 50.1 Å².